The standard InChI is InChI=1S/C22H21NO5/c1-3-4-14-8-20(24)28-22-13(2)21-15(7-17(14)22)10-23(11-25-21)16-5-6-18-19(9-16)27-12-26-18/h5-9H,3-4,10-12H2,1-2H3. The molecule has 0 amide bonds. The highest BCUT2D eigenvalue weighted by Gasteiger charge is 2.24. The lowest BCUT2D eigenvalue weighted by Crippen LogP contribution is -2.32. The van der Waals surface area contributed by atoms with Gasteiger partial charge in [0.2, 0.25) is 6.79 Å². The molecule has 2 aliphatic heterocycles. The molecule has 0 saturated carbocycles. The molecule has 0 unspecified atom stereocenters. The monoisotopic (exact) mass is 379 g/mol. The molecule has 1 aromatic heterocycles. The van der Waals surface area contributed by atoms with E-state index in [1.807, 2.05) is 25.1 Å². The average molecular weight is 379 g/mol. The minimum absolute atomic E-state index is 0.259. The zero-order valence-electron chi connectivity index (χ0n) is 15.9. The predicted octanol–water partition coefficient (Wildman–Crippen LogP) is 4.14. The van der Waals surface area contributed by atoms with Gasteiger partial charge in [0, 0.05) is 40.9 Å². The van der Waals surface area contributed by atoms with Gasteiger partial charge in [-0.3, -0.25) is 0 Å². The number of nitrogens with zero attached hydrogens (tertiary/aromatic N) is 1. The van der Waals surface area contributed by atoms with Gasteiger partial charge in [-0.2, -0.15) is 0 Å². The fourth-order valence-electron chi connectivity index (χ4n) is 4.01. The SMILES string of the molecule is CCCc1cc(=O)oc2c(C)c3c(cc12)CN(c1ccc2c(c1)OCO2)CO3. The zero-order valence-corrected chi connectivity index (χ0v) is 15.9. The van der Waals surface area contributed by atoms with Crippen LogP contribution in [0.1, 0.15) is 30.0 Å². The van der Waals surface area contributed by atoms with Crippen LogP contribution < -0.4 is 24.7 Å². The Hall–Kier alpha value is -3.15. The lowest BCUT2D eigenvalue weighted by atomic mass is 9.98. The summed E-state index contributed by atoms with van der Waals surface area (Å²) in [6, 6.07) is 9.62. The van der Waals surface area contributed by atoms with Crippen LogP contribution >= 0.6 is 0 Å². The molecule has 0 N–H and O–H groups in total. The summed E-state index contributed by atoms with van der Waals surface area (Å²) in [5.74, 6) is 2.33. The van der Waals surface area contributed by atoms with E-state index in [1.165, 1.54) is 0 Å². The van der Waals surface area contributed by atoms with Crippen LogP contribution in [0.25, 0.3) is 11.0 Å². The van der Waals surface area contributed by atoms with Gasteiger partial charge in [-0.1, -0.05) is 13.3 Å². The summed E-state index contributed by atoms with van der Waals surface area (Å²) in [6.07, 6.45) is 1.81. The molecule has 0 atom stereocenters. The normalized spacial score (nSPS) is 14.9. The number of rotatable bonds is 3. The maximum Gasteiger partial charge on any atom is 0.336 e. The third-order valence-electron chi connectivity index (χ3n) is 5.34. The van der Waals surface area contributed by atoms with Crippen molar-refractivity contribution < 1.29 is 18.6 Å². The van der Waals surface area contributed by atoms with E-state index in [-0.39, 0.29) is 12.4 Å². The van der Waals surface area contributed by atoms with Crippen molar-refractivity contribution in [1.29, 1.82) is 0 Å². The summed E-state index contributed by atoms with van der Waals surface area (Å²) in [5.41, 5.74) is 4.33. The summed E-state index contributed by atoms with van der Waals surface area (Å²) in [5, 5.41) is 0.994. The van der Waals surface area contributed by atoms with Crippen LogP contribution in [0, 0.1) is 6.92 Å². The van der Waals surface area contributed by atoms with E-state index in [0.29, 0.717) is 18.9 Å². The van der Waals surface area contributed by atoms with E-state index in [9.17, 15) is 4.79 Å². The molecule has 6 nitrogen and oxygen atoms in total. The Balaban J connectivity index is 1.57. The van der Waals surface area contributed by atoms with Crippen LogP contribution in [0.15, 0.2) is 39.5 Å². The van der Waals surface area contributed by atoms with Crippen LogP contribution in [0.3, 0.4) is 0 Å². The first-order chi connectivity index (χ1) is 13.6. The molecule has 2 aromatic carbocycles. The largest absolute Gasteiger partial charge is 0.472 e. The smallest absolute Gasteiger partial charge is 0.336 e. The van der Waals surface area contributed by atoms with Gasteiger partial charge in [-0.15, -0.1) is 0 Å². The van der Waals surface area contributed by atoms with Crippen molar-refractivity contribution in [2.75, 3.05) is 18.4 Å². The first kappa shape index (κ1) is 17.0. The summed E-state index contributed by atoms with van der Waals surface area (Å²) in [6.45, 7) is 5.44. The Labute approximate surface area is 162 Å². The van der Waals surface area contributed by atoms with E-state index in [1.54, 1.807) is 6.07 Å². The van der Waals surface area contributed by atoms with Crippen molar-refractivity contribution in [3.05, 3.63) is 57.4 Å². The molecular weight excluding hydrogens is 358 g/mol. The van der Waals surface area contributed by atoms with Crippen molar-refractivity contribution in [3.8, 4) is 17.2 Å². The van der Waals surface area contributed by atoms with Gasteiger partial charge in [0.05, 0.1) is 0 Å². The van der Waals surface area contributed by atoms with Crippen molar-refractivity contribution in [2.24, 2.45) is 0 Å². The van der Waals surface area contributed by atoms with Crippen LogP contribution in [0.2, 0.25) is 0 Å². The molecule has 0 fully saturated rings. The number of ether oxygens (including phenoxy) is 3. The number of hydrogen-bond donors (Lipinski definition) is 0. The van der Waals surface area contributed by atoms with Crippen LogP contribution in [-0.2, 0) is 13.0 Å². The van der Waals surface area contributed by atoms with Gasteiger partial charge >= 0.3 is 5.63 Å². The molecule has 0 radical (unpaired) electrons. The average Bonchev–Trinajstić information content (AvgIpc) is 3.17. The molecule has 0 saturated heterocycles. The van der Waals surface area contributed by atoms with Crippen molar-refractivity contribution in [2.45, 2.75) is 33.2 Å². The first-order valence-electron chi connectivity index (χ1n) is 9.50. The molecule has 6 heteroatoms. The second-order valence-electron chi connectivity index (χ2n) is 7.22. The van der Waals surface area contributed by atoms with E-state index in [4.69, 9.17) is 18.6 Å². The minimum atomic E-state index is -0.309. The Morgan fingerprint density at radius 3 is 2.79 bits per heavy atom. The topological polar surface area (TPSA) is 61.1 Å². The Bertz CT molecular complexity index is 1130. The summed E-state index contributed by atoms with van der Waals surface area (Å²) >= 11 is 0. The Kier molecular flexibility index (Phi) is 3.93. The highest BCUT2D eigenvalue weighted by atomic mass is 16.7. The minimum Gasteiger partial charge on any atom is -0.472 e. The third kappa shape index (κ3) is 2.68. The van der Waals surface area contributed by atoms with Crippen LogP contribution in [-0.4, -0.2) is 13.5 Å². The number of hydrogen-bond acceptors (Lipinski definition) is 6. The number of benzene rings is 2. The number of fused-ring (bicyclic) bond motifs is 3. The molecule has 2 aliphatic rings. The molecule has 3 aromatic rings. The molecule has 0 bridgehead atoms. The molecule has 3 heterocycles. The van der Waals surface area contributed by atoms with Crippen LogP contribution in [0.4, 0.5) is 5.69 Å². The van der Waals surface area contributed by atoms with Gasteiger partial charge < -0.3 is 23.5 Å². The predicted molar refractivity (Wildman–Crippen MR) is 105 cm³/mol. The fraction of sp³-hybridized carbons (Fsp3) is 0.318. The maximum absolute atomic E-state index is 12.0. The lowest BCUT2D eigenvalue weighted by molar-refractivity contribution is 0.174. The fourth-order valence-corrected chi connectivity index (χ4v) is 4.01. The van der Waals surface area contributed by atoms with Crippen molar-refractivity contribution in [1.82, 2.24) is 0 Å². The highest BCUT2D eigenvalue weighted by molar-refractivity contribution is 5.86. The third-order valence-corrected chi connectivity index (χ3v) is 5.34. The quantitative estimate of drug-likeness (QED) is 0.638. The molecule has 28 heavy (non-hydrogen) atoms. The lowest BCUT2D eigenvalue weighted by Gasteiger charge is -2.32. The maximum atomic E-state index is 12.0. The molecule has 5 rings (SSSR count). The Morgan fingerprint density at radius 2 is 1.93 bits per heavy atom. The van der Waals surface area contributed by atoms with E-state index < -0.39 is 0 Å². The van der Waals surface area contributed by atoms with Crippen LogP contribution in [0.5, 0.6) is 17.2 Å². The number of aryl methyl sites for hydroxylation is 2. The van der Waals surface area contributed by atoms with Gasteiger partial charge in [-0.05, 0) is 37.1 Å². The zero-order chi connectivity index (χ0) is 19.3. The molecule has 0 spiro atoms. The summed E-state index contributed by atoms with van der Waals surface area (Å²) < 4.78 is 22.5. The van der Waals surface area contributed by atoms with E-state index in [0.717, 1.165) is 57.9 Å². The van der Waals surface area contributed by atoms with Gasteiger partial charge in [0.25, 0.3) is 0 Å². The summed E-state index contributed by atoms with van der Waals surface area (Å²) in [7, 11) is 0. The van der Waals surface area contributed by atoms with E-state index >= 15 is 0 Å². The van der Waals surface area contributed by atoms with Crippen molar-refractivity contribution >= 4 is 16.7 Å². The van der Waals surface area contributed by atoms with Gasteiger partial charge in [0.1, 0.15) is 11.3 Å². The highest BCUT2D eigenvalue weighted by Crippen LogP contribution is 2.40. The first-order valence-corrected chi connectivity index (χ1v) is 9.50. The van der Waals surface area contributed by atoms with Crippen molar-refractivity contribution in [3.63, 3.8) is 0 Å². The van der Waals surface area contributed by atoms with E-state index in [2.05, 4.69) is 17.9 Å². The van der Waals surface area contributed by atoms with Gasteiger partial charge in [0.15, 0.2) is 18.2 Å². The second kappa shape index (κ2) is 6.48. The summed E-state index contributed by atoms with van der Waals surface area (Å²) in [4.78, 5) is 14.1. The molecule has 144 valence electrons. The van der Waals surface area contributed by atoms with Gasteiger partial charge in [-0.25, -0.2) is 4.79 Å². The molecule has 0 aliphatic carbocycles. The second-order valence-corrected chi connectivity index (χ2v) is 7.22. The number of anilines is 1. The molecular formula is C22H21NO5. The Morgan fingerprint density at radius 1 is 1.07 bits per heavy atom.